The first-order chi connectivity index (χ1) is 8.37. The van der Waals surface area contributed by atoms with Gasteiger partial charge >= 0.3 is 7.12 Å². The van der Waals surface area contributed by atoms with Gasteiger partial charge in [0.05, 0.1) is 2.74 Å². The second kappa shape index (κ2) is 3.03. The summed E-state index contributed by atoms with van der Waals surface area (Å²) in [5.74, 6) is 0. The van der Waals surface area contributed by atoms with Gasteiger partial charge in [0.2, 0.25) is 0 Å². The Kier molecular flexibility index (Phi) is 0.707. The monoisotopic (exact) mass is 159 g/mol. The zero-order valence-electron chi connectivity index (χ0n) is 13.4. The highest BCUT2D eigenvalue weighted by atomic mass is 16.4. The van der Waals surface area contributed by atoms with Crippen molar-refractivity contribution in [3.8, 4) is 0 Å². The molecule has 3 nitrogen and oxygen atoms in total. The Hall–Kier alpha value is -0.865. The standard InChI is InChI=1S/C7H10BNO2/c1-5-3-7(8(10)11)4-6(2)9-5/h3-4,10-11H,1-2H3/i1D3,2D3,3D,4D. The third-order valence-electron chi connectivity index (χ3n) is 0.988. The van der Waals surface area contributed by atoms with Gasteiger partial charge < -0.3 is 10.0 Å². The minimum atomic E-state index is -2.89. The SMILES string of the molecule is [2H]c1c(C([2H])([2H])[2H])nc(C([2H])([2H])[2H])c([2H])c1B(O)O. The predicted molar refractivity (Wildman–Crippen MR) is 43.5 cm³/mol. The Morgan fingerprint density at radius 3 is 2.36 bits per heavy atom. The second-order valence-electron chi connectivity index (χ2n) is 1.85. The maximum atomic E-state index is 9.09. The van der Waals surface area contributed by atoms with E-state index in [1.165, 1.54) is 0 Å². The van der Waals surface area contributed by atoms with E-state index in [4.69, 9.17) is 21.0 Å². The Balaban J connectivity index is 3.76. The third-order valence-corrected chi connectivity index (χ3v) is 0.988. The number of aromatic nitrogens is 1. The van der Waals surface area contributed by atoms with Crippen LogP contribution in [0.3, 0.4) is 0 Å². The van der Waals surface area contributed by atoms with E-state index in [1.54, 1.807) is 0 Å². The van der Waals surface area contributed by atoms with Crippen LogP contribution in [0.4, 0.5) is 0 Å². The molecule has 0 aliphatic heterocycles. The summed E-state index contributed by atoms with van der Waals surface area (Å²) < 4.78 is 58.1. The Morgan fingerprint density at radius 2 is 2.00 bits per heavy atom. The molecular formula is C7H10BNO2. The topological polar surface area (TPSA) is 53.4 Å². The van der Waals surface area contributed by atoms with Crippen molar-refractivity contribution < 1.29 is 21.0 Å². The Bertz CT molecular complexity index is 459. The molecule has 4 heteroatoms. The van der Waals surface area contributed by atoms with Crippen molar-refractivity contribution in [2.75, 3.05) is 0 Å². The molecule has 0 fully saturated rings. The van der Waals surface area contributed by atoms with Gasteiger partial charge in [0.15, 0.2) is 0 Å². The molecule has 1 aromatic rings. The van der Waals surface area contributed by atoms with Crippen molar-refractivity contribution in [2.24, 2.45) is 0 Å². The quantitative estimate of drug-likeness (QED) is 0.537. The molecule has 1 heterocycles. The van der Waals surface area contributed by atoms with Gasteiger partial charge in [0.1, 0.15) is 0 Å². The van der Waals surface area contributed by atoms with Crippen LogP contribution in [0.5, 0.6) is 0 Å². The predicted octanol–water partition coefficient (Wildman–Crippen LogP) is -0.622. The minimum absolute atomic E-state index is 0.785. The van der Waals surface area contributed by atoms with E-state index in [0.29, 0.717) is 0 Å². The molecule has 0 aromatic carbocycles. The van der Waals surface area contributed by atoms with E-state index < -0.39 is 49.8 Å². The number of hydrogen-bond donors (Lipinski definition) is 2. The Morgan fingerprint density at radius 1 is 1.45 bits per heavy atom. The fourth-order valence-corrected chi connectivity index (χ4v) is 0.583. The van der Waals surface area contributed by atoms with Crippen LogP contribution in [0, 0.1) is 13.7 Å². The summed E-state index contributed by atoms with van der Waals surface area (Å²) in [6, 6.07) is -1.74. The zero-order chi connectivity index (χ0) is 15.2. The van der Waals surface area contributed by atoms with Crippen molar-refractivity contribution in [3.63, 3.8) is 0 Å². The molecule has 11 heavy (non-hydrogen) atoms. The van der Waals surface area contributed by atoms with E-state index >= 15 is 0 Å². The summed E-state index contributed by atoms with van der Waals surface area (Å²) in [4.78, 5) is 3.34. The van der Waals surface area contributed by atoms with Crippen LogP contribution in [-0.4, -0.2) is 22.2 Å². The molecule has 1 aromatic heterocycles. The van der Waals surface area contributed by atoms with Gasteiger partial charge in [-0.15, -0.1) is 0 Å². The van der Waals surface area contributed by atoms with E-state index in [9.17, 15) is 0 Å². The van der Waals surface area contributed by atoms with Gasteiger partial charge in [-0.25, -0.2) is 0 Å². The molecule has 0 bridgehead atoms. The van der Waals surface area contributed by atoms with Gasteiger partial charge in [-0.3, -0.25) is 4.98 Å². The van der Waals surface area contributed by atoms with Crippen LogP contribution in [-0.2, 0) is 0 Å². The first-order valence-corrected chi connectivity index (χ1v) is 2.75. The molecule has 0 atom stereocenters. The maximum Gasteiger partial charge on any atom is 0.488 e. The molecule has 0 aliphatic carbocycles. The molecule has 0 saturated heterocycles. The van der Waals surface area contributed by atoms with Gasteiger partial charge in [-0.1, -0.05) is 0 Å². The van der Waals surface area contributed by atoms with Crippen molar-refractivity contribution in [1.82, 2.24) is 4.98 Å². The third kappa shape index (κ3) is 2.03. The lowest BCUT2D eigenvalue weighted by Gasteiger charge is -2.01. The smallest absolute Gasteiger partial charge is 0.423 e. The maximum absolute atomic E-state index is 9.09. The number of rotatable bonds is 1. The first kappa shape index (κ1) is 2.57. The first-order valence-electron chi connectivity index (χ1n) is 6.75. The summed E-state index contributed by atoms with van der Waals surface area (Å²) >= 11 is 0. The molecule has 58 valence electrons. The van der Waals surface area contributed by atoms with Gasteiger partial charge in [0.25, 0.3) is 0 Å². The summed E-state index contributed by atoms with van der Waals surface area (Å²) in [7, 11) is -2.33. The highest BCUT2D eigenvalue weighted by Crippen LogP contribution is 1.93. The molecular weight excluding hydrogens is 141 g/mol. The molecule has 0 unspecified atom stereocenters. The van der Waals surface area contributed by atoms with Crippen LogP contribution in [0.25, 0.3) is 0 Å². The van der Waals surface area contributed by atoms with Gasteiger partial charge in [-0.05, 0) is 31.3 Å². The van der Waals surface area contributed by atoms with Crippen LogP contribution >= 0.6 is 0 Å². The van der Waals surface area contributed by atoms with Gasteiger partial charge in [-0.2, -0.15) is 0 Å². The normalized spacial score (nSPS) is 22.7. The van der Waals surface area contributed by atoms with Crippen LogP contribution in [0.15, 0.2) is 12.1 Å². The molecule has 1 rings (SSSR count). The molecule has 0 radical (unpaired) electrons. The number of pyridine rings is 1. The van der Waals surface area contributed by atoms with E-state index in [2.05, 4.69) is 4.98 Å². The Labute approximate surface area is 77.1 Å². The fourth-order valence-electron chi connectivity index (χ4n) is 0.583. The largest absolute Gasteiger partial charge is 0.488 e. The summed E-state index contributed by atoms with van der Waals surface area (Å²) in [5, 5.41) is 18.2. The fraction of sp³-hybridized carbons (Fsp3) is 0.286. The second-order valence-corrected chi connectivity index (χ2v) is 1.85. The summed E-state index contributed by atoms with van der Waals surface area (Å²) in [6.07, 6.45) is 0. The lowest BCUT2D eigenvalue weighted by atomic mass is 9.80. The average Bonchev–Trinajstić information content (AvgIpc) is 2.12. The summed E-state index contributed by atoms with van der Waals surface area (Å²) in [6.45, 7) is -5.79. The van der Waals surface area contributed by atoms with Gasteiger partial charge in [0, 0.05) is 19.6 Å². The van der Waals surface area contributed by atoms with E-state index in [0.717, 1.165) is 0 Å². The number of aryl methyl sites for hydroxylation is 2. The highest BCUT2D eigenvalue weighted by molar-refractivity contribution is 6.58. The van der Waals surface area contributed by atoms with Crippen molar-refractivity contribution in [1.29, 1.82) is 0 Å². The molecule has 0 aliphatic rings. The van der Waals surface area contributed by atoms with Crippen LogP contribution < -0.4 is 5.46 Å². The number of hydrogen-bond acceptors (Lipinski definition) is 3. The molecule has 0 amide bonds. The van der Waals surface area contributed by atoms with Crippen LogP contribution in [0.2, 0.25) is 0 Å². The summed E-state index contributed by atoms with van der Waals surface area (Å²) in [5.41, 5.74) is -2.54. The molecule has 2 N–H and O–H groups in total. The number of nitrogens with zero attached hydrogens (tertiary/aromatic N) is 1. The van der Waals surface area contributed by atoms with E-state index in [-0.39, 0.29) is 0 Å². The van der Waals surface area contributed by atoms with Crippen molar-refractivity contribution in [2.45, 2.75) is 13.7 Å². The highest BCUT2D eigenvalue weighted by Gasteiger charge is 2.11. The lowest BCUT2D eigenvalue weighted by molar-refractivity contribution is 0.425. The lowest BCUT2D eigenvalue weighted by Crippen LogP contribution is -2.30. The van der Waals surface area contributed by atoms with Crippen LogP contribution in [0.1, 0.15) is 22.4 Å². The minimum Gasteiger partial charge on any atom is -0.423 e. The van der Waals surface area contributed by atoms with Crippen molar-refractivity contribution in [3.05, 3.63) is 23.5 Å². The average molecular weight is 159 g/mol. The molecule has 0 spiro atoms. The van der Waals surface area contributed by atoms with Crippen molar-refractivity contribution >= 4 is 12.6 Å². The zero-order valence-corrected chi connectivity index (χ0v) is 5.42. The molecule has 0 saturated carbocycles. The van der Waals surface area contributed by atoms with E-state index in [1.807, 2.05) is 0 Å².